The summed E-state index contributed by atoms with van der Waals surface area (Å²) in [5.41, 5.74) is 2.00. The molecule has 0 spiro atoms. The first-order chi connectivity index (χ1) is 10.3. The highest BCUT2D eigenvalue weighted by Crippen LogP contribution is 2.12. The second-order valence-corrected chi connectivity index (χ2v) is 5.49. The average molecular weight is 284 g/mol. The van der Waals surface area contributed by atoms with Crippen LogP contribution >= 0.6 is 0 Å². The first kappa shape index (κ1) is 14.5. The Kier molecular flexibility index (Phi) is 4.85. The molecule has 1 aliphatic carbocycles. The third kappa shape index (κ3) is 3.81. The van der Waals surface area contributed by atoms with Gasteiger partial charge in [-0.1, -0.05) is 30.4 Å². The van der Waals surface area contributed by atoms with Gasteiger partial charge in [0.2, 0.25) is 0 Å². The van der Waals surface area contributed by atoms with Crippen molar-refractivity contribution in [2.24, 2.45) is 0 Å². The molecule has 1 aromatic heterocycles. The molecule has 2 heterocycles. The Morgan fingerprint density at radius 1 is 1.19 bits per heavy atom. The van der Waals surface area contributed by atoms with E-state index in [9.17, 15) is 0 Å². The lowest BCUT2D eigenvalue weighted by molar-refractivity contribution is 0.101. The first-order valence-electron chi connectivity index (χ1n) is 7.56. The van der Waals surface area contributed by atoms with Gasteiger partial charge >= 0.3 is 7.12 Å². The van der Waals surface area contributed by atoms with Gasteiger partial charge in [-0.25, -0.2) is 0 Å². The van der Waals surface area contributed by atoms with Crippen molar-refractivity contribution in [1.29, 1.82) is 0 Å². The Balaban J connectivity index is 1.57. The summed E-state index contributed by atoms with van der Waals surface area (Å²) in [6, 6.07) is 4.49. The molecule has 1 atom stereocenters. The number of rotatable bonds is 2. The van der Waals surface area contributed by atoms with Gasteiger partial charge in [0.05, 0.1) is 5.59 Å². The molecule has 0 bridgehead atoms. The van der Waals surface area contributed by atoms with Crippen LogP contribution in [0.1, 0.15) is 12.0 Å². The second-order valence-electron chi connectivity index (χ2n) is 5.49. The molecule has 1 aliphatic heterocycles. The molecule has 2 aliphatic rings. The van der Waals surface area contributed by atoms with Crippen molar-refractivity contribution < 1.29 is 9.31 Å². The van der Waals surface area contributed by atoms with Crippen molar-refractivity contribution in [3.05, 3.63) is 48.2 Å². The summed E-state index contributed by atoms with van der Waals surface area (Å²) in [5, 5.41) is 0. The molecule has 3 rings (SSSR count). The Hall–Kier alpha value is -1.43. The summed E-state index contributed by atoms with van der Waals surface area (Å²) >= 11 is 0. The lowest BCUT2D eigenvalue weighted by atomic mass is 9.83. The molecule has 0 amide bonds. The minimum atomic E-state index is -0.338. The highest BCUT2D eigenvalue weighted by Gasteiger charge is 2.27. The quantitative estimate of drug-likeness (QED) is 0.767. The van der Waals surface area contributed by atoms with E-state index in [2.05, 4.69) is 34.2 Å². The molecular weight excluding hydrogens is 263 g/mol. The van der Waals surface area contributed by atoms with Gasteiger partial charge in [0.15, 0.2) is 0 Å². The van der Waals surface area contributed by atoms with E-state index in [1.54, 1.807) is 0 Å². The molecule has 1 saturated heterocycles. The fourth-order valence-electron chi connectivity index (χ4n) is 2.67. The minimum absolute atomic E-state index is 0.338. The standard InChI is InChI=1S/C16H21BN2O2/c1-14-7-8-16(18-13-14)17-20-11-9-19(10-12-21-17)15-5-3-2-4-6-15/h2-5,7-8,13,15H,6,9-12H2,1H3. The van der Waals surface area contributed by atoms with E-state index in [0.29, 0.717) is 19.3 Å². The SMILES string of the molecule is Cc1ccc(B2OCCN(C3C=CC=CC3)CCO2)nc1. The summed E-state index contributed by atoms with van der Waals surface area (Å²) in [6.07, 6.45) is 11.6. The molecule has 21 heavy (non-hydrogen) atoms. The van der Waals surface area contributed by atoms with Gasteiger partial charge in [0.25, 0.3) is 0 Å². The molecular formula is C16H21BN2O2. The Bertz CT molecular complexity index is 506. The zero-order valence-electron chi connectivity index (χ0n) is 12.4. The molecule has 110 valence electrons. The Morgan fingerprint density at radius 3 is 2.62 bits per heavy atom. The Morgan fingerprint density at radius 2 is 2.00 bits per heavy atom. The van der Waals surface area contributed by atoms with E-state index in [1.807, 2.05) is 25.3 Å². The predicted octanol–water partition coefficient (Wildman–Crippen LogP) is 1.32. The lowest BCUT2D eigenvalue weighted by Gasteiger charge is -2.32. The Labute approximate surface area is 126 Å². The van der Waals surface area contributed by atoms with Crippen molar-refractivity contribution in [3.8, 4) is 0 Å². The molecule has 1 fully saturated rings. The summed E-state index contributed by atoms with van der Waals surface area (Å²) in [4.78, 5) is 6.81. The van der Waals surface area contributed by atoms with E-state index in [-0.39, 0.29) is 7.12 Å². The number of allylic oxidation sites excluding steroid dienone is 2. The number of pyridine rings is 1. The average Bonchev–Trinajstić information content (AvgIpc) is 2.49. The minimum Gasteiger partial charge on any atom is -0.405 e. The normalized spacial score (nSPS) is 23.9. The fourth-order valence-corrected chi connectivity index (χ4v) is 2.67. The molecule has 1 unspecified atom stereocenters. The smallest absolute Gasteiger partial charge is 0.405 e. The molecule has 4 nitrogen and oxygen atoms in total. The van der Waals surface area contributed by atoms with Crippen LogP contribution in [-0.2, 0) is 9.31 Å². The first-order valence-corrected chi connectivity index (χ1v) is 7.56. The van der Waals surface area contributed by atoms with Crippen LogP contribution in [0.5, 0.6) is 0 Å². The highest BCUT2D eigenvalue weighted by molar-refractivity contribution is 6.60. The van der Waals surface area contributed by atoms with E-state index >= 15 is 0 Å². The highest BCUT2D eigenvalue weighted by atomic mass is 16.6. The molecule has 0 N–H and O–H groups in total. The van der Waals surface area contributed by atoms with Crippen LogP contribution in [0.3, 0.4) is 0 Å². The zero-order valence-corrected chi connectivity index (χ0v) is 12.4. The van der Waals surface area contributed by atoms with E-state index < -0.39 is 0 Å². The van der Waals surface area contributed by atoms with E-state index in [0.717, 1.165) is 30.7 Å². The largest absolute Gasteiger partial charge is 0.513 e. The van der Waals surface area contributed by atoms with Crippen molar-refractivity contribution in [3.63, 3.8) is 0 Å². The monoisotopic (exact) mass is 284 g/mol. The van der Waals surface area contributed by atoms with Gasteiger partial charge in [0, 0.05) is 38.5 Å². The van der Waals surface area contributed by atoms with Crippen LogP contribution in [0.2, 0.25) is 0 Å². The molecule has 0 saturated carbocycles. The van der Waals surface area contributed by atoms with Crippen molar-refractivity contribution in [2.75, 3.05) is 26.3 Å². The van der Waals surface area contributed by atoms with Gasteiger partial charge < -0.3 is 9.31 Å². The van der Waals surface area contributed by atoms with E-state index in [1.165, 1.54) is 0 Å². The van der Waals surface area contributed by atoms with Crippen LogP contribution in [0.4, 0.5) is 0 Å². The topological polar surface area (TPSA) is 34.6 Å². The molecule has 5 heteroatoms. The summed E-state index contributed by atoms with van der Waals surface area (Å²) in [6.45, 7) is 5.20. The fraction of sp³-hybridized carbons (Fsp3) is 0.438. The number of hydrogen-bond donors (Lipinski definition) is 0. The maximum atomic E-state index is 5.86. The third-order valence-electron chi connectivity index (χ3n) is 3.90. The van der Waals surface area contributed by atoms with Gasteiger partial charge in [-0.15, -0.1) is 0 Å². The molecule has 1 aromatic rings. The van der Waals surface area contributed by atoms with Crippen LogP contribution in [-0.4, -0.2) is 49.3 Å². The van der Waals surface area contributed by atoms with Gasteiger partial charge in [-0.3, -0.25) is 9.88 Å². The number of aryl methyl sites for hydroxylation is 1. The zero-order chi connectivity index (χ0) is 14.5. The van der Waals surface area contributed by atoms with Crippen LogP contribution in [0, 0.1) is 6.92 Å². The van der Waals surface area contributed by atoms with Crippen molar-refractivity contribution >= 4 is 12.7 Å². The van der Waals surface area contributed by atoms with E-state index in [4.69, 9.17) is 9.31 Å². The summed E-state index contributed by atoms with van der Waals surface area (Å²) < 4.78 is 11.7. The lowest BCUT2D eigenvalue weighted by Crippen LogP contribution is -2.47. The summed E-state index contributed by atoms with van der Waals surface area (Å²) in [5.74, 6) is 0. The van der Waals surface area contributed by atoms with Crippen LogP contribution in [0.15, 0.2) is 42.6 Å². The third-order valence-corrected chi connectivity index (χ3v) is 3.90. The maximum Gasteiger partial charge on any atom is 0.513 e. The predicted molar refractivity (Wildman–Crippen MR) is 84.5 cm³/mol. The van der Waals surface area contributed by atoms with Gasteiger partial charge in [0.1, 0.15) is 0 Å². The molecule has 0 aromatic carbocycles. The van der Waals surface area contributed by atoms with Crippen molar-refractivity contribution in [1.82, 2.24) is 9.88 Å². The number of hydrogen-bond acceptors (Lipinski definition) is 4. The summed E-state index contributed by atoms with van der Waals surface area (Å²) in [7, 11) is -0.338. The van der Waals surface area contributed by atoms with Crippen LogP contribution in [0.25, 0.3) is 0 Å². The van der Waals surface area contributed by atoms with Crippen molar-refractivity contribution in [2.45, 2.75) is 19.4 Å². The molecule has 0 radical (unpaired) electrons. The van der Waals surface area contributed by atoms with Gasteiger partial charge in [-0.05, 0) is 25.0 Å². The second kappa shape index (κ2) is 7.03. The maximum absolute atomic E-state index is 5.86. The number of aromatic nitrogens is 1. The van der Waals surface area contributed by atoms with Crippen LogP contribution < -0.4 is 5.59 Å². The number of nitrogens with zero attached hydrogens (tertiary/aromatic N) is 2. The van der Waals surface area contributed by atoms with Gasteiger partial charge in [-0.2, -0.15) is 0 Å².